The van der Waals surface area contributed by atoms with E-state index in [1.807, 2.05) is 48.5 Å². The summed E-state index contributed by atoms with van der Waals surface area (Å²) in [6.07, 6.45) is 2.87. The zero-order valence-electron chi connectivity index (χ0n) is 17.5. The van der Waals surface area contributed by atoms with Crippen molar-refractivity contribution in [1.29, 1.82) is 0 Å². The van der Waals surface area contributed by atoms with Crippen molar-refractivity contribution in [3.63, 3.8) is 0 Å². The molecule has 0 fully saturated rings. The number of amides is 1. The Hall–Kier alpha value is -4.79. The number of carbonyl (C=O) groups excluding carboxylic acids is 1. The highest BCUT2D eigenvalue weighted by molar-refractivity contribution is 6.09. The number of hydrogen-bond donors (Lipinski definition) is 2. The van der Waals surface area contributed by atoms with Gasteiger partial charge in [-0.2, -0.15) is 10.2 Å². The van der Waals surface area contributed by atoms with Crippen LogP contribution in [0, 0.1) is 0 Å². The van der Waals surface area contributed by atoms with Crippen molar-refractivity contribution in [2.24, 2.45) is 7.05 Å². The summed E-state index contributed by atoms with van der Waals surface area (Å²) in [6.45, 7) is 0. The summed E-state index contributed by atoms with van der Waals surface area (Å²) < 4.78 is 3.00. The van der Waals surface area contributed by atoms with Crippen LogP contribution < -0.4 is 5.32 Å². The summed E-state index contributed by atoms with van der Waals surface area (Å²) in [7, 11) is 1.52. The summed E-state index contributed by atoms with van der Waals surface area (Å²) >= 11 is 0. The number of aryl methyl sites for hydroxylation is 1. The molecular weight excluding hydrogens is 420 g/mol. The van der Waals surface area contributed by atoms with E-state index in [2.05, 4.69) is 15.4 Å². The number of rotatable bonds is 5. The molecule has 0 aliphatic carbocycles. The minimum absolute atomic E-state index is 0.0289. The second kappa shape index (κ2) is 8.04. The minimum atomic E-state index is -1.21. The number of nitrogens with zero attached hydrogens (tertiary/aromatic N) is 5. The van der Waals surface area contributed by atoms with Gasteiger partial charge in [0.1, 0.15) is 11.3 Å². The molecule has 0 bridgehead atoms. The summed E-state index contributed by atoms with van der Waals surface area (Å²) in [5.74, 6) is -1.77. The zero-order chi connectivity index (χ0) is 22.9. The number of fused-ring (bicyclic) bond motifs is 1. The van der Waals surface area contributed by atoms with Crippen LogP contribution in [0.15, 0.2) is 79.1 Å². The zero-order valence-corrected chi connectivity index (χ0v) is 17.5. The first-order valence-corrected chi connectivity index (χ1v) is 10.1. The Labute approximate surface area is 187 Å². The van der Waals surface area contributed by atoms with Crippen molar-refractivity contribution >= 4 is 23.2 Å². The molecule has 0 saturated heterocycles. The maximum absolute atomic E-state index is 12.8. The first kappa shape index (κ1) is 20.1. The number of hydrogen-bond acceptors (Lipinski definition) is 5. The number of carboxylic acids is 1. The van der Waals surface area contributed by atoms with Gasteiger partial charge in [-0.05, 0) is 18.2 Å². The van der Waals surface area contributed by atoms with E-state index in [0.29, 0.717) is 11.3 Å². The number of benzene rings is 2. The number of carbonyl (C=O) groups is 2. The quantitative estimate of drug-likeness (QED) is 0.432. The fourth-order valence-corrected chi connectivity index (χ4v) is 3.67. The highest BCUT2D eigenvalue weighted by Gasteiger charge is 2.22. The summed E-state index contributed by atoms with van der Waals surface area (Å²) in [4.78, 5) is 28.6. The third-order valence-corrected chi connectivity index (χ3v) is 5.23. The lowest BCUT2D eigenvalue weighted by atomic mass is 10.1. The van der Waals surface area contributed by atoms with Gasteiger partial charge in [-0.3, -0.25) is 9.48 Å². The van der Waals surface area contributed by atoms with Gasteiger partial charge in [0.05, 0.1) is 17.6 Å². The summed E-state index contributed by atoms with van der Waals surface area (Å²) in [6, 6.07) is 20.8. The van der Waals surface area contributed by atoms with Gasteiger partial charge >= 0.3 is 5.97 Å². The Balaban J connectivity index is 1.50. The van der Waals surface area contributed by atoms with E-state index in [9.17, 15) is 14.7 Å². The Morgan fingerprint density at radius 3 is 2.55 bits per heavy atom. The van der Waals surface area contributed by atoms with Gasteiger partial charge in [0, 0.05) is 36.1 Å². The van der Waals surface area contributed by atoms with Crippen molar-refractivity contribution in [2.75, 3.05) is 5.32 Å². The predicted octanol–water partition coefficient (Wildman–Crippen LogP) is 3.75. The molecule has 1 amide bonds. The fraction of sp³-hybridized carbons (Fsp3) is 0.0417. The molecule has 2 aromatic carbocycles. The van der Waals surface area contributed by atoms with Crippen molar-refractivity contribution in [3.05, 3.63) is 90.4 Å². The van der Waals surface area contributed by atoms with Crippen LogP contribution in [0.5, 0.6) is 0 Å². The van der Waals surface area contributed by atoms with Gasteiger partial charge in [-0.25, -0.2) is 14.3 Å². The van der Waals surface area contributed by atoms with Crippen LogP contribution >= 0.6 is 0 Å². The Bertz CT molecular complexity index is 1500. The van der Waals surface area contributed by atoms with E-state index >= 15 is 0 Å². The van der Waals surface area contributed by atoms with Crippen molar-refractivity contribution in [2.45, 2.75) is 0 Å². The van der Waals surface area contributed by atoms with Gasteiger partial charge in [0.2, 0.25) is 0 Å². The molecule has 0 radical (unpaired) electrons. The SMILES string of the molecule is Cn1ncc(C(=O)O)c1C(=O)Nc1cccc(-c2ccnc3cc(-c4ccccc4)nn23)c1. The third kappa shape index (κ3) is 3.72. The standard InChI is InChI=1S/C24H18N6O3/c1-29-22(18(14-26-29)24(32)33)23(31)27-17-9-5-8-16(12-17)20-10-11-25-21-13-19(28-30(20)21)15-6-3-2-4-7-15/h2-14H,1H3,(H,27,31)(H,32,33). The molecule has 3 aromatic heterocycles. The fourth-order valence-electron chi connectivity index (χ4n) is 3.67. The van der Waals surface area contributed by atoms with Gasteiger partial charge < -0.3 is 10.4 Å². The molecule has 33 heavy (non-hydrogen) atoms. The van der Waals surface area contributed by atoms with Crippen LogP contribution in [0.1, 0.15) is 20.8 Å². The van der Waals surface area contributed by atoms with Crippen LogP contribution in [-0.4, -0.2) is 41.4 Å². The minimum Gasteiger partial charge on any atom is -0.478 e. The summed E-state index contributed by atoms with van der Waals surface area (Å²) in [5.41, 5.74) is 4.41. The first-order valence-electron chi connectivity index (χ1n) is 10.1. The highest BCUT2D eigenvalue weighted by Crippen LogP contribution is 2.26. The van der Waals surface area contributed by atoms with Gasteiger partial charge in [0.25, 0.3) is 5.91 Å². The molecule has 0 spiro atoms. The second-order valence-corrected chi connectivity index (χ2v) is 7.37. The Kier molecular flexibility index (Phi) is 4.91. The smallest absolute Gasteiger partial charge is 0.339 e. The lowest BCUT2D eigenvalue weighted by Crippen LogP contribution is -2.19. The molecule has 3 heterocycles. The van der Waals surface area contributed by atoms with E-state index in [1.165, 1.54) is 11.7 Å². The van der Waals surface area contributed by atoms with E-state index in [-0.39, 0.29) is 11.3 Å². The molecule has 0 unspecified atom stereocenters. The van der Waals surface area contributed by atoms with Crippen molar-refractivity contribution in [1.82, 2.24) is 24.4 Å². The molecule has 5 rings (SSSR count). The van der Waals surface area contributed by atoms with E-state index in [4.69, 9.17) is 5.10 Å². The lowest BCUT2D eigenvalue weighted by molar-refractivity contribution is 0.0692. The molecule has 0 atom stereocenters. The van der Waals surface area contributed by atoms with Crippen molar-refractivity contribution < 1.29 is 14.7 Å². The monoisotopic (exact) mass is 438 g/mol. The Morgan fingerprint density at radius 2 is 1.76 bits per heavy atom. The molecule has 5 aromatic rings. The molecule has 0 aliphatic heterocycles. The molecular formula is C24H18N6O3. The maximum Gasteiger partial charge on any atom is 0.339 e. The molecule has 0 saturated carbocycles. The second-order valence-electron chi connectivity index (χ2n) is 7.37. The highest BCUT2D eigenvalue weighted by atomic mass is 16.4. The molecule has 2 N–H and O–H groups in total. The van der Waals surface area contributed by atoms with E-state index in [1.54, 1.807) is 28.9 Å². The molecule has 9 nitrogen and oxygen atoms in total. The molecule has 9 heteroatoms. The third-order valence-electron chi connectivity index (χ3n) is 5.23. The largest absolute Gasteiger partial charge is 0.478 e. The van der Waals surface area contributed by atoms with Gasteiger partial charge in [-0.15, -0.1) is 0 Å². The number of aromatic nitrogens is 5. The van der Waals surface area contributed by atoms with Gasteiger partial charge in [-0.1, -0.05) is 42.5 Å². The normalized spacial score (nSPS) is 10.9. The predicted molar refractivity (Wildman–Crippen MR) is 122 cm³/mol. The maximum atomic E-state index is 12.8. The topological polar surface area (TPSA) is 114 Å². The lowest BCUT2D eigenvalue weighted by Gasteiger charge is -2.09. The molecule has 162 valence electrons. The van der Waals surface area contributed by atoms with Gasteiger partial charge in [0.15, 0.2) is 5.65 Å². The van der Waals surface area contributed by atoms with Crippen molar-refractivity contribution in [3.8, 4) is 22.5 Å². The summed E-state index contributed by atoms with van der Waals surface area (Å²) in [5, 5.41) is 20.7. The van der Waals surface area contributed by atoms with Crippen LogP contribution in [0.25, 0.3) is 28.2 Å². The van der Waals surface area contributed by atoms with Crippen LogP contribution in [0.2, 0.25) is 0 Å². The van der Waals surface area contributed by atoms with E-state index < -0.39 is 11.9 Å². The number of anilines is 1. The Morgan fingerprint density at radius 1 is 0.970 bits per heavy atom. The number of nitrogens with one attached hydrogen (secondary N) is 1. The number of aromatic carboxylic acids is 1. The van der Waals surface area contributed by atoms with Crippen LogP contribution in [0.3, 0.4) is 0 Å². The average Bonchev–Trinajstić information content (AvgIpc) is 3.43. The number of carboxylic acid groups (broad SMARTS) is 1. The first-order chi connectivity index (χ1) is 16.0. The van der Waals surface area contributed by atoms with Crippen LogP contribution in [-0.2, 0) is 7.05 Å². The average molecular weight is 438 g/mol. The van der Waals surface area contributed by atoms with E-state index in [0.717, 1.165) is 28.7 Å². The van der Waals surface area contributed by atoms with Crippen LogP contribution in [0.4, 0.5) is 5.69 Å². The molecule has 0 aliphatic rings.